The Bertz CT molecular complexity index is 23.2. The van der Waals surface area contributed by atoms with Crippen LogP contribution in [-0.2, 0) is 21.7 Å². The fourth-order valence-electron chi connectivity index (χ4n) is 0. The van der Waals surface area contributed by atoms with Crippen molar-refractivity contribution in [1.29, 1.82) is 0 Å². The SMILES string of the molecule is O.O.O.O.[AlH3].[H-].[H-].[La].[Sr+2].[Ti]. The first-order valence-electron chi connectivity index (χ1n) is 0. The molecule has 0 aromatic rings. The number of hydrogen-bond acceptors (Lipinski definition) is 0. The van der Waals surface area contributed by atoms with E-state index in [1.54, 1.807) is 0 Å². The third-order valence-electron chi connectivity index (χ3n) is 0. The zero-order chi connectivity index (χ0) is 0. The smallest absolute Gasteiger partial charge is 1.00 e. The van der Waals surface area contributed by atoms with Crippen molar-refractivity contribution in [3.05, 3.63) is 0 Å². The molecule has 0 spiro atoms. The molecule has 8 heavy (non-hydrogen) atoms. The largest absolute Gasteiger partial charge is 2.00 e. The van der Waals surface area contributed by atoms with Crippen LogP contribution in [0.2, 0.25) is 0 Å². The zero-order valence-electron chi connectivity index (χ0n) is 5.78. The summed E-state index contributed by atoms with van der Waals surface area (Å²) in [5.41, 5.74) is 0. The average molecular weight is 378 g/mol. The van der Waals surface area contributed by atoms with E-state index in [0.29, 0.717) is 0 Å². The van der Waals surface area contributed by atoms with Crippen LogP contribution in [0.25, 0.3) is 0 Å². The second kappa shape index (κ2) is 72.5. The van der Waals surface area contributed by atoms with Crippen molar-refractivity contribution in [3.63, 3.8) is 0 Å². The molecule has 4 nitrogen and oxygen atoms in total. The van der Waals surface area contributed by atoms with E-state index in [1.165, 1.54) is 0 Å². The van der Waals surface area contributed by atoms with Crippen LogP contribution in [0.4, 0.5) is 0 Å². The van der Waals surface area contributed by atoms with Gasteiger partial charge in [0.2, 0.25) is 0 Å². The first-order chi connectivity index (χ1) is 0. The van der Waals surface area contributed by atoms with Crippen LogP contribution in [0.15, 0.2) is 0 Å². The Balaban J connectivity index is 0. The molecule has 49 valence electrons. The third kappa shape index (κ3) is 53.0. The molecule has 0 unspecified atom stereocenters. The molecule has 0 aliphatic carbocycles. The van der Waals surface area contributed by atoms with Gasteiger partial charge in [-0.15, -0.1) is 0 Å². The Morgan fingerprint density at radius 2 is 0.750 bits per heavy atom. The van der Waals surface area contributed by atoms with E-state index in [9.17, 15) is 0 Å². The first kappa shape index (κ1) is 96.3. The third-order valence-corrected chi connectivity index (χ3v) is 0. The van der Waals surface area contributed by atoms with Gasteiger partial charge in [-0.05, 0) is 0 Å². The summed E-state index contributed by atoms with van der Waals surface area (Å²) in [6.45, 7) is 0. The Morgan fingerprint density at radius 3 is 0.750 bits per heavy atom. The van der Waals surface area contributed by atoms with Crippen molar-refractivity contribution >= 4 is 62.8 Å². The Labute approximate surface area is 142 Å². The Morgan fingerprint density at radius 1 is 0.750 bits per heavy atom. The number of rotatable bonds is 0. The molecule has 8 N–H and O–H groups in total. The van der Waals surface area contributed by atoms with Crippen LogP contribution >= 0.6 is 0 Å². The van der Waals surface area contributed by atoms with E-state index in [0.717, 1.165) is 0 Å². The maximum atomic E-state index is 0. The number of hydrogen-bond donors (Lipinski definition) is 0. The second-order valence-corrected chi connectivity index (χ2v) is 0. The van der Waals surface area contributed by atoms with Gasteiger partial charge in [-0.3, -0.25) is 0 Å². The molecule has 0 rings (SSSR count). The van der Waals surface area contributed by atoms with Crippen molar-refractivity contribution in [1.82, 2.24) is 0 Å². The maximum Gasteiger partial charge on any atom is 2.00 e. The van der Waals surface area contributed by atoms with E-state index >= 15 is 0 Å². The van der Waals surface area contributed by atoms with Gasteiger partial charge in [0, 0.05) is 57.3 Å². The molecule has 0 atom stereocenters. The van der Waals surface area contributed by atoms with Crippen LogP contribution in [0.1, 0.15) is 2.85 Å². The quantitative estimate of drug-likeness (QED) is 0.376. The zero-order valence-corrected chi connectivity index (χ0v) is 12.4. The summed E-state index contributed by atoms with van der Waals surface area (Å²) in [7, 11) is 0. The summed E-state index contributed by atoms with van der Waals surface area (Å²) in [5, 5.41) is 0. The molecule has 1 radical (unpaired) electrons. The van der Waals surface area contributed by atoms with Crippen molar-refractivity contribution < 1.29 is 82.1 Å². The van der Waals surface area contributed by atoms with Gasteiger partial charge in [0.25, 0.3) is 0 Å². The molecular weight excluding hydrogens is 365 g/mol. The molecule has 0 amide bonds. The minimum absolute atomic E-state index is 0. The van der Waals surface area contributed by atoms with Crippen LogP contribution in [0, 0.1) is 35.6 Å². The average Bonchev–Trinajstić information content (AvgIpc) is 0. The van der Waals surface area contributed by atoms with Gasteiger partial charge in [-0.2, -0.15) is 0 Å². The van der Waals surface area contributed by atoms with Gasteiger partial charge in [-0.25, -0.2) is 0 Å². The molecule has 0 aromatic carbocycles. The van der Waals surface area contributed by atoms with Crippen molar-refractivity contribution in [2.45, 2.75) is 0 Å². The molecule has 0 aromatic heterocycles. The minimum atomic E-state index is 0. The van der Waals surface area contributed by atoms with Gasteiger partial charge in [0.15, 0.2) is 17.4 Å². The molecule has 0 saturated carbocycles. The summed E-state index contributed by atoms with van der Waals surface area (Å²) in [6.07, 6.45) is 0. The second-order valence-electron chi connectivity index (χ2n) is 0. The molecule has 0 bridgehead atoms. The monoisotopic (exact) mass is 379 g/mol. The molecular formula is H13AlLaO4SrTi. The van der Waals surface area contributed by atoms with Crippen molar-refractivity contribution in [2.24, 2.45) is 0 Å². The van der Waals surface area contributed by atoms with Crippen molar-refractivity contribution in [2.75, 3.05) is 0 Å². The van der Waals surface area contributed by atoms with Crippen LogP contribution in [0.5, 0.6) is 0 Å². The predicted molar refractivity (Wildman–Crippen MR) is 32.4 cm³/mol. The van der Waals surface area contributed by atoms with E-state index < -0.39 is 0 Å². The van der Waals surface area contributed by atoms with Crippen molar-refractivity contribution in [3.8, 4) is 0 Å². The Kier molecular flexibility index (Phi) is 872. The van der Waals surface area contributed by atoms with E-state index in [1.807, 2.05) is 0 Å². The van der Waals surface area contributed by atoms with Crippen LogP contribution in [0.3, 0.4) is 0 Å². The minimum Gasteiger partial charge on any atom is -1.00 e. The molecule has 0 saturated heterocycles. The standard InChI is InChI=1S/Al.La.4H2O.Sr.Ti.5H/h;;4*1H2;;;;;;;/q;;;;;;+2;;;;;2*-1. The first-order valence-corrected chi connectivity index (χ1v) is 0. The molecule has 0 aliphatic rings. The summed E-state index contributed by atoms with van der Waals surface area (Å²) >= 11 is 0. The topological polar surface area (TPSA) is 126 Å². The van der Waals surface area contributed by atoms with E-state index in [4.69, 9.17) is 0 Å². The maximum absolute atomic E-state index is 0. The Hall–Kier alpha value is 3.76. The molecule has 8 heteroatoms. The summed E-state index contributed by atoms with van der Waals surface area (Å²) < 4.78 is 0. The fourth-order valence-corrected chi connectivity index (χ4v) is 0. The van der Waals surface area contributed by atoms with Gasteiger partial charge in [0.05, 0.1) is 0 Å². The predicted octanol–water partition coefficient (Wildman–Crippen LogP) is -4.64. The summed E-state index contributed by atoms with van der Waals surface area (Å²) in [4.78, 5) is 0. The van der Waals surface area contributed by atoms with Gasteiger partial charge in [0.1, 0.15) is 0 Å². The van der Waals surface area contributed by atoms with E-state index in [-0.39, 0.29) is 145 Å². The molecule has 0 fully saturated rings. The summed E-state index contributed by atoms with van der Waals surface area (Å²) in [5.74, 6) is 0. The summed E-state index contributed by atoms with van der Waals surface area (Å²) in [6, 6.07) is 0. The van der Waals surface area contributed by atoms with Gasteiger partial charge < -0.3 is 24.8 Å². The van der Waals surface area contributed by atoms with E-state index in [2.05, 4.69) is 0 Å². The van der Waals surface area contributed by atoms with Gasteiger partial charge in [-0.1, -0.05) is 0 Å². The normalized spacial score (nSPS) is 0. The molecule has 0 aliphatic heterocycles. The molecule has 0 heterocycles. The van der Waals surface area contributed by atoms with Gasteiger partial charge >= 0.3 is 45.5 Å². The van der Waals surface area contributed by atoms with Crippen LogP contribution < -0.4 is 0 Å². The fraction of sp³-hybridized carbons (Fsp3) is 0. The van der Waals surface area contributed by atoms with Crippen LogP contribution in [-0.4, -0.2) is 84.7 Å².